The van der Waals surface area contributed by atoms with Crippen molar-refractivity contribution < 1.29 is 14.0 Å². The fourth-order valence-electron chi connectivity index (χ4n) is 1.90. The number of hydrogen-bond acceptors (Lipinski definition) is 3. The van der Waals surface area contributed by atoms with Crippen molar-refractivity contribution in [2.75, 3.05) is 0 Å². The van der Waals surface area contributed by atoms with Crippen LogP contribution in [0.4, 0.5) is 0 Å². The van der Waals surface area contributed by atoms with Crippen LogP contribution in [0.3, 0.4) is 0 Å². The van der Waals surface area contributed by atoms with Gasteiger partial charge in [0.2, 0.25) is 5.91 Å². The van der Waals surface area contributed by atoms with E-state index in [2.05, 4.69) is 0 Å². The minimum absolute atomic E-state index is 0.0741. The van der Waals surface area contributed by atoms with Crippen LogP contribution in [0.2, 0.25) is 0 Å². The summed E-state index contributed by atoms with van der Waals surface area (Å²) in [5, 5.41) is 1.84. The molecule has 3 rings (SSSR count). The Morgan fingerprint density at radius 3 is 2.70 bits per heavy atom. The molecule has 1 aromatic carbocycles. The highest BCUT2D eigenvalue weighted by Gasteiger charge is 2.09. The number of benzene rings is 1. The van der Waals surface area contributed by atoms with E-state index in [9.17, 15) is 9.59 Å². The lowest BCUT2D eigenvalue weighted by Gasteiger charge is -2.06. The van der Waals surface area contributed by atoms with E-state index >= 15 is 0 Å². The minimum atomic E-state index is -0.240. The maximum atomic E-state index is 10.5. The summed E-state index contributed by atoms with van der Waals surface area (Å²) >= 11 is 0. The van der Waals surface area contributed by atoms with E-state index in [0.717, 1.165) is 23.5 Å². The number of furan rings is 1. The van der Waals surface area contributed by atoms with Gasteiger partial charge in [0, 0.05) is 10.8 Å². The van der Waals surface area contributed by atoms with Crippen LogP contribution < -0.4 is 5.73 Å². The average molecular weight is 269 g/mol. The third-order valence-electron chi connectivity index (χ3n) is 2.99. The van der Waals surface area contributed by atoms with E-state index in [1.165, 1.54) is 0 Å². The first-order valence-electron chi connectivity index (χ1n) is 6.26. The van der Waals surface area contributed by atoms with Crippen LogP contribution >= 0.6 is 0 Å². The Labute approximate surface area is 116 Å². The molecule has 0 radical (unpaired) electrons. The summed E-state index contributed by atoms with van der Waals surface area (Å²) < 4.78 is 5.00. The molecule has 0 fully saturated rings. The molecule has 1 unspecified atom stereocenters. The molecule has 4 nitrogen and oxygen atoms in total. The Morgan fingerprint density at radius 1 is 1.30 bits per heavy atom. The Balaban J connectivity index is 0.000000151. The van der Waals surface area contributed by atoms with Gasteiger partial charge in [0.15, 0.2) is 12.0 Å². The molecule has 1 atom stereocenters. The van der Waals surface area contributed by atoms with Gasteiger partial charge in [0.25, 0.3) is 0 Å². The van der Waals surface area contributed by atoms with Crippen LogP contribution in [-0.4, -0.2) is 12.2 Å². The van der Waals surface area contributed by atoms with Gasteiger partial charge in [-0.2, -0.15) is 0 Å². The summed E-state index contributed by atoms with van der Waals surface area (Å²) in [5.74, 6) is 0.0891. The van der Waals surface area contributed by atoms with Gasteiger partial charge in [-0.25, -0.2) is 0 Å². The second-order valence-corrected chi connectivity index (χ2v) is 4.36. The summed E-state index contributed by atoms with van der Waals surface area (Å²) in [6, 6.07) is 7.56. The molecule has 2 N–H and O–H groups in total. The van der Waals surface area contributed by atoms with Gasteiger partial charge < -0.3 is 10.2 Å². The Bertz CT molecular complexity index is 667. The zero-order chi connectivity index (χ0) is 14.4. The molecule has 102 valence electrons. The smallest absolute Gasteiger partial charge is 0.224 e. The van der Waals surface area contributed by atoms with Crippen molar-refractivity contribution in [2.45, 2.75) is 6.42 Å². The molecule has 4 heteroatoms. The number of primary amides is 1. The summed E-state index contributed by atoms with van der Waals surface area (Å²) in [6.07, 6.45) is 10.6. The number of fused-ring (bicyclic) bond motifs is 1. The highest BCUT2D eigenvalue weighted by atomic mass is 16.3. The van der Waals surface area contributed by atoms with E-state index in [1.807, 2.05) is 48.6 Å². The number of allylic oxidation sites excluding steroid dienone is 3. The normalized spacial score (nSPS) is 16.5. The molecule has 1 aliphatic carbocycles. The second kappa shape index (κ2) is 6.52. The molecule has 0 saturated carbocycles. The van der Waals surface area contributed by atoms with Gasteiger partial charge in [0.05, 0.1) is 12.2 Å². The first-order valence-corrected chi connectivity index (χ1v) is 6.26. The summed E-state index contributed by atoms with van der Waals surface area (Å²) in [4.78, 5) is 20.9. The number of amides is 1. The van der Waals surface area contributed by atoms with Gasteiger partial charge in [-0.05, 0) is 6.42 Å². The maximum Gasteiger partial charge on any atom is 0.224 e. The quantitative estimate of drug-likeness (QED) is 0.852. The van der Waals surface area contributed by atoms with Crippen molar-refractivity contribution in [3.63, 3.8) is 0 Å². The van der Waals surface area contributed by atoms with Gasteiger partial charge in [-0.1, -0.05) is 48.6 Å². The van der Waals surface area contributed by atoms with E-state index in [4.69, 9.17) is 10.2 Å². The summed E-state index contributed by atoms with van der Waals surface area (Å²) in [6.45, 7) is 0. The highest BCUT2D eigenvalue weighted by molar-refractivity contribution is 5.95. The first kappa shape index (κ1) is 13.8. The van der Waals surface area contributed by atoms with Crippen molar-refractivity contribution in [3.8, 4) is 0 Å². The van der Waals surface area contributed by atoms with Crippen LogP contribution in [0.15, 0.2) is 59.2 Å². The first-order chi connectivity index (χ1) is 9.72. The molecule has 1 amide bonds. The second-order valence-electron chi connectivity index (χ2n) is 4.36. The molecular formula is C16H15NO3. The lowest BCUT2D eigenvalue weighted by atomic mass is 10.0. The van der Waals surface area contributed by atoms with Gasteiger partial charge in [-0.3, -0.25) is 9.59 Å². The van der Waals surface area contributed by atoms with Crippen LogP contribution in [0.5, 0.6) is 0 Å². The molecule has 20 heavy (non-hydrogen) atoms. The van der Waals surface area contributed by atoms with E-state index in [1.54, 1.807) is 6.26 Å². The SMILES string of the molecule is NC(=O)C1C=CC=CC1.O=Cc1occ2ccccc12. The van der Waals surface area contributed by atoms with E-state index in [0.29, 0.717) is 5.76 Å². The third-order valence-corrected chi connectivity index (χ3v) is 2.99. The third kappa shape index (κ3) is 3.23. The Morgan fingerprint density at radius 2 is 2.10 bits per heavy atom. The fraction of sp³-hybridized carbons (Fsp3) is 0.125. The number of nitrogens with two attached hydrogens (primary N) is 1. The van der Waals surface area contributed by atoms with Crippen LogP contribution in [0.25, 0.3) is 10.8 Å². The van der Waals surface area contributed by atoms with Gasteiger partial charge >= 0.3 is 0 Å². The van der Waals surface area contributed by atoms with Crippen molar-refractivity contribution in [3.05, 3.63) is 60.6 Å². The lowest BCUT2D eigenvalue weighted by molar-refractivity contribution is -0.120. The predicted molar refractivity (Wildman–Crippen MR) is 77.2 cm³/mol. The van der Waals surface area contributed by atoms with Gasteiger partial charge in [0.1, 0.15) is 0 Å². The number of hydrogen-bond donors (Lipinski definition) is 1. The molecule has 0 bridgehead atoms. The standard InChI is InChI=1S/C9H6O2.C7H9NO/c10-5-9-8-4-2-1-3-7(8)6-11-9;8-7(9)6-4-2-1-3-5-6/h1-6H;1-4,6H,5H2,(H2,8,9). The fourth-order valence-corrected chi connectivity index (χ4v) is 1.90. The molecule has 0 spiro atoms. The average Bonchev–Trinajstić information content (AvgIpc) is 2.92. The molecule has 1 aliphatic rings. The highest BCUT2D eigenvalue weighted by Crippen LogP contribution is 2.18. The van der Waals surface area contributed by atoms with Crippen molar-refractivity contribution in [2.24, 2.45) is 11.7 Å². The molecule has 1 aromatic heterocycles. The number of aldehydes is 1. The van der Waals surface area contributed by atoms with Crippen molar-refractivity contribution >= 4 is 23.0 Å². The minimum Gasteiger partial charge on any atom is -0.460 e. The Hall–Kier alpha value is -2.62. The number of carbonyl (C=O) groups is 2. The lowest BCUT2D eigenvalue weighted by Crippen LogP contribution is -2.21. The van der Waals surface area contributed by atoms with Crippen LogP contribution in [-0.2, 0) is 4.79 Å². The zero-order valence-electron chi connectivity index (χ0n) is 10.9. The largest absolute Gasteiger partial charge is 0.460 e. The molecular weight excluding hydrogens is 254 g/mol. The zero-order valence-corrected chi connectivity index (χ0v) is 10.9. The van der Waals surface area contributed by atoms with E-state index < -0.39 is 0 Å². The topological polar surface area (TPSA) is 73.3 Å². The Kier molecular flexibility index (Phi) is 4.50. The molecule has 2 aromatic rings. The van der Waals surface area contributed by atoms with Gasteiger partial charge in [-0.15, -0.1) is 0 Å². The number of carbonyl (C=O) groups excluding carboxylic acids is 2. The summed E-state index contributed by atoms with van der Waals surface area (Å²) in [5.41, 5.74) is 5.04. The maximum absolute atomic E-state index is 10.5. The molecule has 1 heterocycles. The van der Waals surface area contributed by atoms with Crippen molar-refractivity contribution in [1.29, 1.82) is 0 Å². The monoisotopic (exact) mass is 269 g/mol. The van der Waals surface area contributed by atoms with Crippen LogP contribution in [0.1, 0.15) is 17.0 Å². The molecule has 0 aliphatic heterocycles. The number of rotatable bonds is 2. The predicted octanol–water partition coefficient (Wildman–Crippen LogP) is 2.85. The van der Waals surface area contributed by atoms with Crippen LogP contribution in [0, 0.1) is 5.92 Å². The van der Waals surface area contributed by atoms with Crippen molar-refractivity contribution in [1.82, 2.24) is 0 Å². The van der Waals surface area contributed by atoms with E-state index in [-0.39, 0.29) is 11.8 Å². The summed E-state index contributed by atoms with van der Waals surface area (Å²) in [7, 11) is 0. The molecule has 0 saturated heterocycles.